The standard InChI is InChI=1S/C9H23ClN2Si/c1-6-9(4)13(10,11-5)12(7-2)8-3/h9,11H,6-8H2,1-5H3. The first-order valence-electron chi connectivity index (χ1n) is 5.19. The lowest BCUT2D eigenvalue weighted by molar-refractivity contribution is 0.450. The molecule has 80 valence electrons. The van der Waals surface area contributed by atoms with Crippen LogP contribution in [0.1, 0.15) is 34.1 Å². The van der Waals surface area contributed by atoms with E-state index in [-0.39, 0.29) is 0 Å². The fraction of sp³-hybridized carbons (Fsp3) is 1.00. The van der Waals surface area contributed by atoms with Crippen LogP contribution in [0.15, 0.2) is 0 Å². The van der Waals surface area contributed by atoms with Crippen molar-refractivity contribution in [3.8, 4) is 0 Å². The maximum absolute atomic E-state index is 6.69. The lowest BCUT2D eigenvalue weighted by Gasteiger charge is -2.39. The molecule has 2 unspecified atom stereocenters. The van der Waals surface area contributed by atoms with Gasteiger partial charge in [0.25, 0.3) is 0 Å². The highest BCUT2D eigenvalue weighted by Gasteiger charge is 2.40. The van der Waals surface area contributed by atoms with Gasteiger partial charge in [0, 0.05) is 0 Å². The maximum Gasteiger partial charge on any atom is 0.307 e. The highest BCUT2D eigenvalue weighted by Crippen LogP contribution is 2.28. The number of hydrogen-bond donors (Lipinski definition) is 1. The smallest absolute Gasteiger partial charge is 0.307 e. The molecule has 0 aliphatic carbocycles. The van der Waals surface area contributed by atoms with E-state index < -0.39 is 7.71 Å². The maximum atomic E-state index is 6.69. The largest absolute Gasteiger partial charge is 0.316 e. The van der Waals surface area contributed by atoms with E-state index in [2.05, 4.69) is 37.2 Å². The predicted octanol–water partition coefficient (Wildman–Crippen LogP) is 2.53. The van der Waals surface area contributed by atoms with Crippen LogP contribution in [0.5, 0.6) is 0 Å². The molecule has 0 aliphatic rings. The summed E-state index contributed by atoms with van der Waals surface area (Å²) in [5.41, 5.74) is 0.582. The van der Waals surface area contributed by atoms with Gasteiger partial charge in [0.2, 0.25) is 0 Å². The van der Waals surface area contributed by atoms with Crippen LogP contribution in [0.25, 0.3) is 0 Å². The van der Waals surface area contributed by atoms with Gasteiger partial charge in [0.1, 0.15) is 0 Å². The quantitative estimate of drug-likeness (QED) is 0.549. The highest BCUT2D eigenvalue weighted by molar-refractivity contribution is 7.18. The van der Waals surface area contributed by atoms with E-state index in [0.717, 1.165) is 19.5 Å². The predicted molar refractivity (Wildman–Crippen MR) is 63.3 cm³/mol. The molecular formula is C9H23ClN2Si. The molecule has 0 saturated heterocycles. The molecule has 2 nitrogen and oxygen atoms in total. The zero-order valence-corrected chi connectivity index (χ0v) is 11.3. The number of nitrogens with one attached hydrogen (secondary N) is 1. The Morgan fingerprint density at radius 3 is 2.00 bits per heavy atom. The van der Waals surface area contributed by atoms with Crippen molar-refractivity contribution in [2.45, 2.75) is 39.7 Å². The molecule has 1 N–H and O–H groups in total. The lowest BCUT2D eigenvalue weighted by Crippen LogP contribution is -2.61. The van der Waals surface area contributed by atoms with Gasteiger partial charge in [-0.3, -0.25) is 0 Å². The Hall–Kier alpha value is 0.427. The minimum absolute atomic E-state index is 0.582. The number of halogens is 1. The fourth-order valence-corrected chi connectivity index (χ4v) is 5.74. The summed E-state index contributed by atoms with van der Waals surface area (Å²) in [6.07, 6.45) is 1.15. The summed E-state index contributed by atoms with van der Waals surface area (Å²) in [7, 11) is 0.0891. The topological polar surface area (TPSA) is 15.3 Å². The van der Waals surface area contributed by atoms with Crippen LogP contribution in [0, 0.1) is 0 Å². The normalized spacial score (nSPS) is 18.7. The number of hydrogen-bond acceptors (Lipinski definition) is 2. The Bertz CT molecular complexity index is 142. The Morgan fingerprint density at radius 2 is 1.77 bits per heavy atom. The van der Waals surface area contributed by atoms with Crippen LogP contribution >= 0.6 is 11.1 Å². The minimum Gasteiger partial charge on any atom is -0.316 e. The van der Waals surface area contributed by atoms with E-state index in [1.807, 2.05) is 7.05 Å². The van der Waals surface area contributed by atoms with E-state index in [1.54, 1.807) is 0 Å². The summed E-state index contributed by atoms with van der Waals surface area (Å²) in [5.74, 6) is 0. The Morgan fingerprint density at radius 1 is 1.31 bits per heavy atom. The zero-order chi connectivity index (χ0) is 10.5. The van der Waals surface area contributed by atoms with Crippen molar-refractivity contribution in [2.24, 2.45) is 0 Å². The van der Waals surface area contributed by atoms with Gasteiger partial charge in [-0.05, 0) is 25.7 Å². The Balaban J connectivity index is 4.57. The van der Waals surface area contributed by atoms with E-state index in [4.69, 9.17) is 11.1 Å². The second-order valence-corrected chi connectivity index (χ2v) is 8.60. The summed E-state index contributed by atoms with van der Waals surface area (Å²) in [6.45, 7) is 10.9. The van der Waals surface area contributed by atoms with E-state index in [9.17, 15) is 0 Å². The van der Waals surface area contributed by atoms with Crippen LogP contribution in [-0.2, 0) is 0 Å². The van der Waals surface area contributed by atoms with Gasteiger partial charge in [-0.15, -0.1) is 11.1 Å². The van der Waals surface area contributed by atoms with Crippen molar-refractivity contribution in [1.82, 2.24) is 9.55 Å². The minimum atomic E-state index is -1.90. The first kappa shape index (κ1) is 13.4. The SMILES string of the molecule is CCC(C)[Si](Cl)(NC)N(CC)CC. The third-order valence-corrected chi connectivity index (χ3v) is 9.21. The molecule has 0 amide bonds. The Kier molecular flexibility index (Phi) is 6.21. The summed E-state index contributed by atoms with van der Waals surface area (Å²) >= 11 is 6.69. The van der Waals surface area contributed by atoms with Gasteiger partial charge >= 0.3 is 7.71 Å². The molecule has 0 aromatic rings. The van der Waals surface area contributed by atoms with E-state index in [0.29, 0.717) is 5.54 Å². The molecule has 0 rings (SSSR count). The molecule has 0 aromatic heterocycles. The zero-order valence-electron chi connectivity index (χ0n) is 9.52. The van der Waals surface area contributed by atoms with Crippen LogP contribution in [0.2, 0.25) is 5.54 Å². The van der Waals surface area contributed by atoms with Gasteiger partial charge < -0.3 is 9.55 Å². The van der Waals surface area contributed by atoms with Gasteiger partial charge in [0.05, 0.1) is 0 Å². The molecule has 0 fully saturated rings. The number of nitrogens with zero attached hydrogens (tertiary/aromatic N) is 1. The molecule has 0 aromatic carbocycles. The monoisotopic (exact) mass is 222 g/mol. The summed E-state index contributed by atoms with van der Waals surface area (Å²) in [5, 5.41) is 0. The molecule has 0 aliphatic heterocycles. The van der Waals surface area contributed by atoms with E-state index in [1.165, 1.54) is 0 Å². The van der Waals surface area contributed by atoms with Crippen molar-refractivity contribution in [1.29, 1.82) is 0 Å². The second-order valence-electron chi connectivity index (χ2n) is 3.40. The van der Waals surface area contributed by atoms with Crippen LogP contribution in [0.3, 0.4) is 0 Å². The first-order chi connectivity index (χ1) is 6.06. The van der Waals surface area contributed by atoms with Crippen molar-refractivity contribution in [2.75, 3.05) is 20.1 Å². The highest BCUT2D eigenvalue weighted by atomic mass is 35.6. The van der Waals surface area contributed by atoms with Crippen LogP contribution in [-0.4, -0.2) is 32.4 Å². The van der Waals surface area contributed by atoms with Crippen molar-refractivity contribution >= 4 is 18.8 Å². The lowest BCUT2D eigenvalue weighted by atomic mass is 10.4. The molecule has 13 heavy (non-hydrogen) atoms. The van der Waals surface area contributed by atoms with Gasteiger partial charge in [-0.2, -0.15) is 0 Å². The third kappa shape index (κ3) is 2.94. The van der Waals surface area contributed by atoms with Crippen molar-refractivity contribution in [3.63, 3.8) is 0 Å². The second kappa shape index (κ2) is 6.01. The molecule has 0 spiro atoms. The molecule has 2 atom stereocenters. The fourth-order valence-electron chi connectivity index (χ4n) is 1.67. The Labute approximate surface area is 88.5 Å². The summed E-state index contributed by atoms with van der Waals surface area (Å²) in [6, 6.07) is 0. The molecule has 0 bridgehead atoms. The van der Waals surface area contributed by atoms with E-state index >= 15 is 0 Å². The average Bonchev–Trinajstić information content (AvgIpc) is 2.17. The third-order valence-electron chi connectivity index (χ3n) is 2.84. The molecule has 0 saturated carbocycles. The van der Waals surface area contributed by atoms with Crippen molar-refractivity contribution in [3.05, 3.63) is 0 Å². The van der Waals surface area contributed by atoms with Crippen LogP contribution in [0.4, 0.5) is 0 Å². The first-order valence-corrected chi connectivity index (χ1v) is 8.23. The molecule has 4 heteroatoms. The van der Waals surface area contributed by atoms with Gasteiger partial charge in [-0.1, -0.05) is 34.1 Å². The molecule has 0 heterocycles. The van der Waals surface area contributed by atoms with Crippen LogP contribution < -0.4 is 4.98 Å². The summed E-state index contributed by atoms with van der Waals surface area (Å²) in [4.78, 5) is 3.36. The van der Waals surface area contributed by atoms with Gasteiger partial charge in [-0.25, -0.2) is 0 Å². The van der Waals surface area contributed by atoms with Gasteiger partial charge in [0.15, 0.2) is 0 Å². The molecule has 0 radical (unpaired) electrons. The summed E-state index contributed by atoms with van der Waals surface area (Å²) < 4.78 is 2.39. The number of rotatable bonds is 6. The average molecular weight is 223 g/mol. The van der Waals surface area contributed by atoms with Crippen molar-refractivity contribution < 1.29 is 0 Å². The molecular weight excluding hydrogens is 200 g/mol.